The van der Waals surface area contributed by atoms with E-state index in [1.807, 2.05) is 55.5 Å². The number of carbonyl (C=O) groups excluding carboxylic acids is 3. The van der Waals surface area contributed by atoms with Crippen molar-refractivity contribution >= 4 is 23.4 Å². The highest BCUT2D eigenvalue weighted by Crippen LogP contribution is 2.55. The molecule has 0 unspecified atom stereocenters. The summed E-state index contributed by atoms with van der Waals surface area (Å²) in [5.74, 6) is -2.21. The Hall–Kier alpha value is -3.52. The number of aromatic nitrogens is 1. The van der Waals surface area contributed by atoms with Crippen molar-refractivity contribution in [3.8, 4) is 0 Å². The first-order chi connectivity index (χ1) is 18.0. The van der Waals surface area contributed by atoms with Crippen LogP contribution in [0.4, 0.5) is 5.69 Å². The summed E-state index contributed by atoms with van der Waals surface area (Å²) in [5, 5.41) is 6.18. The van der Waals surface area contributed by atoms with Gasteiger partial charge in [0, 0.05) is 30.7 Å². The van der Waals surface area contributed by atoms with Crippen LogP contribution >= 0.6 is 0 Å². The Balaban J connectivity index is 1.32. The molecule has 1 spiro atoms. The summed E-state index contributed by atoms with van der Waals surface area (Å²) >= 11 is 0. The normalized spacial score (nSPS) is 30.4. The molecule has 192 valence electrons. The fraction of sp³-hybridized carbons (Fsp3) is 0.448. The van der Waals surface area contributed by atoms with Crippen molar-refractivity contribution in [1.82, 2.24) is 15.2 Å². The molecule has 3 amide bonds. The van der Waals surface area contributed by atoms with Crippen LogP contribution in [0.3, 0.4) is 0 Å². The van der Waals surface area contributed by atoms with Gasteiger partial charge in [-0.05, 0) is 43.5 Å². The first-order valence-electron chi connectivity index (χ1n) is 13.2. The summed E-state index contributed by atoms with van der Waals surface area (Å²) in [5.41, 5.74) is 1.41. The van der Waals surface area contributed by atoms with Crippen LogP contribution in [0, 0.1) is 18.8 Å². The molecule has 1 aromatic carbocycles. The van der Waals surface area contributed by atoms with Gasteiger partial charge >= 0.3 is 0 Å². The Morgan fingerprint density at radius 1 is 1.11 bits per heavy atom. The maximum absolute atomic E-state index is 14.0. The summed E-state index contributed by atoms with van der Waals surface area (Å²) in [6.07, 6.45) is 11.7. The molecule has 4 heterocycles. The number of hydrogen-bond acceptors (Lipinski definition) is 5. The molecule has 1 aliphatic carbocycles. The van der Waals surface area contributed by atoms with Crippen molar-refractivity contribution in [2.75, 3.05) is 5.32 Å². The van der Waals surface area contributed by atoms with Crippen molar-refractivity contribution in [3.05, 3.63) is 72.1 Å². The van der Waals surface area contributed by atoms with E-state index in [1.165, 1.54) is 6.42 Å². The largest absolute Gasteiger partial charge is 0.359 e. The van der Waals surface area contributed by atoms with Crippen LogP contribution in [0.2, 0.25) is 0 Å². The molecule has 2 saturated heterocycles. The fourth-order valence-electron chi connectivity index (χ4n) is 6.52. The lowest BCUT2D eigenvalue weighted by Crippen LogP contribution is -2.56. The van der Waals surface area contributed by atoms with E-state index in [0.29, 0.717) is 5.69 Å². The molecule has 6 rings (SSSR count). The highest BCUT2D eigenvalue weighted by Gasteiger charge is 2.72. The van der Waals surface area contributed by atoms with Gasteiger partial charge in [-0.2, -0.15) is 0 Å². The monoisotopic (exact) mass is 500 g/mol. The van der Waals surface area contributed by atoms with E-state index in [-0.39, 0.29) is 30.3 Å². The zero-order chi connectivity index (χ0) is 25.6. The van der Waals surface area contributed by atoms with E-state index < -0.39 is 29.6 Å². The molecular weight excluding hydrogens is 468 g/mol. The van der Waals surface area contributed by atoms with Gasteiger partial charge in [0.1, 0.15) is 11.6 Å². The van der Waals surface area contributed by atoms with Crippen LogP contribution in [0.15, 0.2) is 60.9 Å². The number of fused-ring (bicyclic) bond motifs is 1. The molecule has 0 radical (unpaired) electrons. The summed E-state index contributed by atoms with van der Waals surface area (Å²) in [6, 6.07) is 10.5. The van der Waals surface area contributed by atoms with E-state index in [4.69, 9.17) is 4.74 Å². The maximum Gasteiger partial charge on any atom is 0.246 e. The quantitative estimate of drug-likeness (QED) is 0.594. The highest BCUT2D eigenvalue weighted by atomic mass is 16.5. The number of aryl methyl sites for hydroxylation is 1. The van der Waals surface area contributed by atoms with E-state index in [9.17, 15) is 14.4 Å². The van der Waals surface area contributed by atoms with Crippen LogP contribution in [0.25, 0.3) is 0 Å². The Kier molecular flexibility index (Phi) is 6.07. The summed E-state index contributed by atoms with van der Waals surface area (Å²) < 4.78 is 6.42. The van der Waals surface area contributed by atoms with Crippen LogP contribution in [-0.4, -0.2) is 51.4 Å². The number of carbonyl (C=O) groups is 3. The lowest BCUT2D eigenvalue weighted by molar-refractivity contribution is -0.142. The van der Waals surface area contributed by atoms with Crippen molar-refractivity contribution in [3.63, 3.8) is 0 Å². The second-order valence-corrected chi connectivity index (χ2v) is 10.7. The second-order valence-electron chi connectivity index (χ2n) is 10.7. The maximum atomic E-state index is 14.0. The zero-order valence-electron chi connectivity index (χ0n) is 20.9. The third-order valence-corrected chi connectivity index (χ3v) is 8.27. The Bertz CT molecular complexity index is 1220. The molecule has 3 fully saturated rings. The number of likely N-dealkylation sites (tertiary alicyclic amines) is 1. The smallest absolute Gasteiger partial charge is 0.246 e. The van der Waals surface area contributed by atoms with Gasteiger partial charge in [-0.25, -0.2) is 0 Å². The molecule has 2 N–H and O–H groups in total. The minimum atomic E-state index is -1.17. The van der Waals surface area contributed by atoms with Crippen LogP contribution < -0.4 is 10.6 Å². The summed E-state index contributed by atoms with van der Waals surface area (Å²) in [6.45, 7) is 2.21. The number of amides is 3. The fourth-order valence-corrected chi connectivity index (χ4v) is 6.52. The van der Waals surface area contributed by atoms with Crippen molar-refractivity contribution < 1.29 is 19.1 Å². The molecule has 1 saturated carbocycles. The average Bonchev–Trinajstić information content (AvgIpc) is 3.54. The average molecular weight is 501 g/mol. The third-order valence-electron chi connectivity index (χ3n) is 8.27. The second kappa shape index (κ2) is 9.41. The Labute approximate surface area is 216 Å². The number of rotatable bonds is 6. The van der Waals surface area contributed by atoms with Crippen molar-refractivity contribution in [2.45, 2.75) is 69.4 Å². The Morgan fingerprint density at radius 2 is 1.89 bits per heavy atom. The number of nitrogens with zero attached hydrogens (tertiary/aromatic N) is 2. The minimum Gasteiger partial charge on any atom is -0.359 e. The van der Waals surface area contributed by atoms with Gasteiger partial charge in [-0.3, -0.25) is 19.4 Å². The predicted octanol–water partition coefficient (Wildman–Crippen LogP) is 3.13. The topological polar surface area (TPSA) is 101 Å². The SMILES string of the molecule is Cc1ccc(NC(=O)[C@H]2[C@H]3C=C[C@@]4(O3)[C@H]2C(=O)N(Cc2cccnc2)[C@@H]4C(=O)NC2CCCCC2)cc1. The van der Waals surface area contributed by atoms with E-state index in [0.717, 1.165) is 36.8 Å². The van der Waals surface area contributed by atoms with Gasteiger partial charge in [0.15, 0.2) is 0 Å². The molecule has 3 aliphatic heterocycles. The number of benzene rings is 1. The number of ether oxygens (including phenoxy) is 1. The van der Waals surface area contributed by atoms with Gasteiger partial charge in [-0.1, -0.05) is 55.2 Å². The molecule has 4 aliphatic rings. The van der Waals surface area contributed by atoms with Crippen molar-refractivity contribution in [1.29, 1.82) is 0 Å². The number of anilines is 1. The number of nitrogens with one attached hydrogen (secondary N) is 2. The molecule has 37 heavy (non-hydrogen) atoms. The predicted molar refractivity (Wildman–Crippen MR) is 137 cm³/mol. The molecule has 5 atom stereocenters. The molecule has 2 bridgehead atoms. The molecule has 2 aromatic rings. The number of pyridine rings is 1. The van der Waals surface area contributed by atoms with Gasteiger partial charge in [0.05, 0.1) is 17.9 Å². The van der Waals surface area contributed by atoms with Gasteiger partial charge < -0.3 is 20.3 Å². The zero-order valence-corrected chi connectivity index (χ0v) is 20.9. The molecule has 8 heteroatoms. The standard InChI is InChI=1S/C29H32N4O4/c1-18-9-11-21(12-10-18)31-26(34)23-22-13-14-29(37-22)24(23)28(36)33(17-19-6-5-15-30-16-19)25(29)27(35)32-20-7-3-2-4-8-20/h5-6,9-16,20,22-25H,2-4,7-8,17H2,1H3,(H,31,34)(H,32,35)/t22-,23+,24-,25-,29-/m1/s1. The van der Waals surface area contributed by atoms with Gasteiger partial charge in [0.2, 0.25) is 17.7 Å². The van der Waals surface area contributed by atoms with Gasteiger partial charge in [0.25, 0.3) is 0 Å². The van der Waals surface area contributed by atoms with E-state index in [2.05, 4.69) is 15.6 Å². The van der Waals surface area contributed by atoms with E-state index >= 15 is 0 Å². The lowest BCUT2D eigenvalue weighted by atomic mass is 9.74. The molecule has 8 nitrogen and oxygen atoms in total. The summed E-state index contributed by atoms with van der Waals surface area (Å²) in [7, 11) is 0. The minimum absolute atomic E-state index is 0.0928. The first kappa shape index (κ1) is 23.9. The first-order valence-corrected chi connectivity index (χ1v) is 13.2. The van der Waals surface area contributed by atoms with Crippen LogP contribution in [-0.2, 0) is 25.7 Å². The molecular formula is C29H32N4O4. The van der Waals surface area contributed by atoms with Gasteiger partial charge in [-0.15, -0.1) is 0 Å². The molecule has 1 aromatic heterocycles. The Morgan fingerprint density at radius 3 is 2.62 bits per heavy atom. The summed E-state index contributed by atoms with van der Waals surface area (Å²) in [4.78, 5) is 47.2. The lowest BCUT2D eigenvalue weighted by Gasteiger charge is -2.34. The van der Waals surface area contributed by atoms with Crippen LogP contribution in [0.5, 0.6) is 0 Å². The van der Waals surface area contributed by atoms with E-state index in [1.54, 1.807) is 17.3 Å². The highest BCUT2D eigenvalue weighted by molar-refractivity contribution is 6.02. The third kappa shape index (κ3) is 4.13. The van der Waals surface area contributed by atoms with Crippen molar-refractivity contribution in [2.24, 2.45) is 11.8 Å². The number of hydrogen-bond donors (Lipinski definition) is 2. The van der Waals surface area contributed by atoms with Crippen LogP contribution in [0.1, 0.15) is 43.2 Å².